The number of halogens is 2. The van der Waals surface area contributed by atoms with Crippen LogP contribution in [0.1, 0.15) is 40.5 Å². The molecule has 0 heterocycles. The van der Waals surface area contributed by atoms with Crippen LogP contribution in [0.5, 0.6) is 5.75 Å². The molecule has 0 aromatic heterocycles. The van der Waals surface area contributed by atoms with E-state index in [1.807, 2.05) is 6.92 Å². The Hall–Kier alpha value is -1.16. The summed E-state index contributed by atoms with van der Waals surface area (Å²) in [5, 5.41) is 3.38. The average Bonchev–Trinajstić information content (AvgIpc) is 2.21. The van der Waals surface area contributed by atoms with Crippen molar-refractivity contribution in [2.75, 3.05) is 6.54 Å². The third-order valence-corrected chi connectivity index (χ3v) is 2.62. The van der Waals surface area contributed by atoms with Gasteiger partial charge in [-0.15, -0.1) is 0 Å². The van der Waals surface area contributed by atoms with Crippen molar-refractivity contribution in [3.05, 3.63) is 29.8 Å². The van der Waals surface area contributed by atoms with Crippen molar-refractivity contribution in [2.45, 2.75) is 52.2 Å². The van der Waals surface area contributed by atoms with E-state index in [0.717, 1.165) is 25.5 Å². The lowest BCUT2D eigenvalue weighted by Gasteiger charge is -2.21. The van der Waals surface area contributed by atoms with E-state index in [9.17, 15) is 8.78 Å². The number of nitrogens with one attached hydrogen (secondary N) is 1. The topological polar surface area (TPSA) is 21.3 Å². The number of hydrogen-bond donors (Lipinski definition) is 1. The summed E-state index contributed by atoms with van der Waals surface area (Å²) in [5.74, 6) is -0.984. The zero-order valence-electron chi connectivity index (χ0n) is 12.1. The predicted octanol–water partition coefficient (Wildman–Crippen LogP) is 3.90. The third kappa shape index (κ3) is 7.11. The van der Waals surface area contributed by atoms with Crippen molar-refractivity contribution < 1.29 is 13.5 Å². The average molecular weight is 271 g/mol. The molecule has 0 aliphatic heterocycles. The Morgan fingerprint density at radius 1 is 1.16 bits per heavy atom. The molecular formula is C15H23F2NO. The zero-order valence-corrected chi connectivity index (χ0v) is 12.1. The van der Waals surface area contributed by atoms with Gasteiger partial charge in [0.1, 0.15) is 17.4 Å². The van der Waals surface area contributed by atoms with E-state index >= 15 is 0 Å². The monoisotopic (exact) mass is 271 g/mol. The van der Waals surface area contributed by atoms with E-state index in [2.05, 4.69) is 26.1 Å². The highest BCUT2D eigenvalue weighted by Crippen LogP contribution is 2.18. The molecule has 1 aromatic carbocycles. The van der Waals surface area contributed by atoms with Crippen molar-refractivity contribution in [2.24, 2.45) is 0 Å². The molecule has 0 saturated heterocycles. The van der Waals surface area contributed by atoms with Crippen molar-refractivity contribution >= 4 is 0 Å². The Balaban J connectivity index is 2.33. The molecule has 0 aliphatic carbocycles. The van der Waals surface area contributed by atoms with Gasteiger partial charge in [-0.25, -0.2) is 8.78 Å². The standard InChI is InChI=1S/C15H23F2NO/c1-11(6-5-7-18-15(2,3)4)19-14-9-12(16)8-13(17)10-14/h8-11,18H,5-7H2,1-4H3. The second kappa shape index (κ2) is 6.85. The van der Waals surface area contributed by atoms with Gasteiger partial charge in [0.2, 0.25) is 0 Å². The van der Waals surface area contributed by atoms with Gasteiger partial charge in [-0.1, -0.05) is 0 Å². The molecule has 0 saturated carbocycles. The summed E-state index contributed by atoms with van der Waals surface area (Å²) >= 11 is 0. The van der Waals surface area contributed by atoms with Gasteiger partial charge >= 0.3 is 0 Å². The Labute approximate surface area is 114 Å². The van der Waals surface area contributed by atoms with Crippen LogP contribution in [0.25, 0.3) is 0 Å². The van der Waals surface area contributed by atoms with Gasteiger partial charge in [0, 0.05) is 23.7 Å². The molecule has 0 radical (unpaired) electrons. The molecule has 0 amide bonds. The number of benzene rings is 1. The third-order valence-electron chi connectivity index (χ3n) is 2.62. The van der Waals surface area contributed by atoms with Crippen molar-refractivity contribution in [1.82, 2.24) is 5.32 Å². The molecule has 0 aliphatic rings. The van der Waals surface area contributed by atoms with Gasteiger partial charge in [-0.2, -0.15) is 0 Å². The van der Waals surface area contributed by atoms with Gasteiger partial charge in [-0.3, -0.25) is 0 Å². The van der Waals surface area contributed by atoms with E-state index < -0.39 is 11.6 Å². The maximum Gasteiger partial charge on any atom is 0.129 e. The molecule has 1 aromatic rings. The van der Waals surface area contributed by atoms with Crippen LogP contribution in [0.2, 0.25) is 0 Å². The summed E-state index contributed by atoms with van der Waals surface area (Å²) < 4.78 is 31.5. The van der Waals surface area contributed by atoms with Crippen LogP contribution in [0, 0.1) is 11.6 Å². The molecule has 0 spiro atoms. The van der Waals surface area contributed by atoms with Gasteiger partial charge < -0.3 is 10.1 Å². The summed E-state index contributed by atoms with van der Waals surface area (Å²) in [6.45, 7) is 9.14. The SMILES string of the molecule is CC(CCCNC(C)(C)C)Oc1cc(F)cc(F)c1. The maximum absolute atomic E-state index is 13.0. The van der Waals surface area contributed by atoms with Crippen molar-refractivity contribution in [3.8, 4) is 5.75 Å². The highest BCUT2D eigenvalue weighted by molar-refractivity contribution is 5.23. The van der Waals surface area contributed by atoms with Gasteiger partial charge in [0.05, 0.1) is 6.10 Å². The van der Waals surface area contributed by atoms with E-state index in [-0.39, 0.29) is 17.4 Å². The molecule has 1 unspecified atom stereocenters. The van der Waals surface area contributed by atoms with E-state index in [1.54, 1.807) is 0 Å². The van der Waals surface area contributed by atoms with Gasteiger partial charge in [-0.05, 0) is 47.1 Å². The number of hydrogen-bond acceptors (Lipinski definition) is 2. The Morgan fingerprint density at radius 3 is 2.26 bits per heavy atom. The van der Waals surface area contributed by atoms with Gasteiger partial charge in [0.15, 0.2) is 0 Å². The van der Waals surface area contributed by atoms with Crippen LogP contribution in [-0.4, -0.2) is 18.2 Å². The Kier molecular flexibility index (Phi) is 5.73. The number of rotatable bonds is 6. The van der Waals surface area contributed by atoms with Crippen LogP contribution in [0.15, 0.2) is 18.2 Å². The van der Waals surface area contributed by atoms with Crippen LogP contribution in [-0.2, 0) is 0 Å². The fourth-order valence-corrected chi connectivity index (χ4v) is 1.74. The van der Waals surface area contributed by atoms with E-state index in [0.29, 0.717) is 0 Å². The van der Waals surface area contributed by atoms with Crippen LogP contribution in [0.4, 0.5) is 8.78 Å². The summed E-state index contributed by atoms with van der Waals surface area (Å²) in [6, 6.07) is 3.24. The lowest BCUT2D eigenvalue weighted by molar-refractivity contribution is 0.204. The normalized spacial score (nSPS) is 13.4. The quantitative estimate of drug-likeness (QED) is 0.792. The smallest absolute Gasteiger partial charge is 0.129 e. The van der Waals surface area contributed by atoms with Crippen LogP contribution in [0.3, 0.4) is 0 Å². The molecule has 0 fully saturated rings. The molecule has 4 heteroatoms. The number of ether oxygens (including phenoxy) is 1. The lowest BCUT2D eigenvalue weighted by atomic mass is 10.1. The molecule has 1 rings (SSSR count). The predicted molar refractivity (Wildman–Crippen MR) is 73.4 cm³/mol. The van der Waals surface area contributed by atoms with Crippen molar-refractivity contribution in [1.29, 1.82) is 0 Å². The maximum atomic E-state index is 13.0. The highest BCUT2D eigenvalue weighted by atomic mass is 19.1. The fraction of sp³-hybridized carbons (Fsp3) is 0.600. The summed E-state index contributed by atoms with van der Waals surface area (Å²) in [5.41, 5.74) is 0.107. The highest BCUT2D eigenvalue weighted by Gasteiger charge is 2.10. The van der Waals surface area contributed by atoms with Gasteiger partial charge in [0.25, 0.3) is 0 Å². The van der Waals surface area contributed by atoms with Crippen LogP contribution >= 0.6 is 0 Å². The summed E-state index contributed by atoms with van der Waals surface area (Å²) in [6.07, 6.45) is 1.72. The first kappa shape index (κ1) is 15.9. The Bertz CT molecular complexity index is 381. The summed E-state index contributed by atoms with van der Waals surface area (Å²) in [4.78, 5) is 0. The minimum atomic E-state index is -0.614. The first-order valence-corrected chi connectivity index (χ1v) is 6.64. The Morgan fingerprint density at radius 2 is 1.74 bits per heavy atom. The van der Waals surface area contributed by atoms with Crippen LogP contribution < -0.4 is 10.1 Å². The molecule has 2 nitrogen and oxygen atoms in total. The molecule has 1 atom stereocenters. The molecule has 19 heavy (non-hydrogen) atoms. The second-order valence-corrected chi connectivity index (χ2v) is 5.85. The lowest BCUT2D eigenvalue weighted by Crippen LogP contribution is -2.36. The summed E-state index contributed by atoms with van der Waals surface area (Å²) in [7, 11) is 0. The molecule has 1 N–H and O–H groups in total. The minimum absolute atomic E-state index is 0.0667. The minimum Gasteiger partial charge on any atom is -0.491 e. The second-order valence-electron chi connectivity index (χ2n) is 5.85. The molecule has 108 valence electrons. The van der Waals surface area contributed by atoms with E-state index in [4.69, 9.17) is 4.74 Å². The largest absolute Gasteiger partial charge is 0.491 e. The first-order valence-electron chi connectivity index (χ1n) is 6.64. The first-order chi connectivity index (χ1) is 8.76. The van der Waals surface area contributed by atoms with E-state index in [1.165, 1.54) is 12.1 Å². The molecular weight excluding hydrogens is 248 g/mol. The zero-order chi connectivity index (χ0) is 14.5. The molecule has 0 bridgehead atoms. The fourth-order valence-electron chi connectivity index (χ4n) is 1.74. The van der Waals surface area contributed by atoms with Crippen molar-refractivity contribution in [3.63, 3.8) is 0 Å².